The van der Waals surface area contributed by atoms with E-state index in [1.807, 2.05) is 35.7 Å². The standard InChI is InChI=1S/C27H41NO2SSi/c1-8-32(9-2,10-3)30-27(24-17-13-11-14-18-24)26(22(4)5)23(6)21-31(29,28-7)25-19-15-12-16-20-25/h11-22,26-27H,8-10H2,1-7H3/b23-21-/t26-,27+,31+/m1/s1. The zero-order valence-corrected chi connectivity index (χ0v) is 22.7. The molecule has 0 aromatic heterocycles. The highest BCUT2D eigenvalue weighted by molar-refractivity contribution is 7.96. The summed E-state index contributed by atoms with van der Waals surface area (Å²) < 4.78 is 25.3. The van der Waals surface area contributed by atoms with Crippen molar-refractivity contribution in [2.75, 3.05) is 7.05 Å². The lowest BCUT2D eigenvalue weighted by Crippen LogP contribution is -2.40. The molecule has 0 radical (unpaired) electrons. The predicted octanol–water partition coefficient (Wildman–Crippen LogP) is 8.08. The number of hydrogen-bond donors (Lipinski definition) is 0. The minimum absolute atomic E-state index is 0.0600. The largest absolute Gasteiger partial charge is 0.409 e. The summed E-state index contributed by atoms with van der Waals surface area (Å²) in [7, 11) is -2.86. The Kier molecular flexibility index (Phi) is 9.93. The molecule has 0 bridgehead atoms. The molecule has 0 saturated heterocycles. The summed E-state index contributed by atoms with van der Waals surface area (Å²) in [5.74, 6) is 0.435. The predicted molar refractivity (Wildman–Crippen MR) is 141 cm³/mol. The van der Waals surface area contributed by atoms with E-state index < -0.39 is 18.0 Å². The van der Waals surface area contributed by atoms with Crippen LogP contribution in [0.1, 0.15) is 53.2 Å². The van der Waals surface area contributed by atoms with Crippen molar-refractivity contribution >= 4 is 18.0 Å². The minimum atomic E-state index is -2.64. The molecular weight excluding hydrogens is 430 g/mol. The third-order valence-electron chi connectivity index (χ3n) is 6.71. The van der Waals surface area contributed by atoms with Gasteiger partial charge in [0.25, 0.3) is 0 Å². The monoisotopic (exact) mass is 471 g/mol. The van der Waals surface area contributed by atoms with Gasteiger partial charge in [0.15, 0.2) is 8.32 Å². The van der Waals surface area contributed by atoms with Crippen LogP contribution in [0, 0.1) is 11.8 Å². The van der Waals surface area contributed by atoms with Crippen LogP contribution < -0.4 is 0 Å². The van der Waals surface area contributed by atoms with E-state index in [1.165, 1.54) is 5.56 Å². The minimum Gasteiger partial charge on any atom is -0.409 e. The maximum Gasteiger partial charge on any atom is 0.192 e. The van der Waals surface area contributed by atoms with Crippen molar-refractivity contribution < 1.29 is 8.63 Å². The second kappa shape index (κ2) is 12.0. The van der Waals surface area contributed by atoms with Gasteiger partial charge in [0.1, 0.15) is 0 Å². The Morgan fingerprint density at radius 3 is 1.91 bits per heavy atom. The molecule has 2 rings (SSSR count). The highest BCUT2D eigenvalue weighted by Gasteiger charge is 2.37. The average Bonchev–Trinajstić information content (AvgIpc) is 2.82. The fourth-order valence-electron chi connectivity index (χ4n) is 4.55. The van der Waals surface area contributed by atoms with Gasteiger partial charge in [-0.15, -0.1) is 0 Å². The molecule has 0 spiro atoms. The van der Waals surface area contributed by atoms with Gasteiger partial charge in [-0.25, -0.2) is 8.57 Å². The summed E-state index contributed by atoms with van der Waals surface area (Å²) in [5, 5.41) is 1.90. The van der Waals surface area contributed by atoms with Crippen molar-refractivity contribution in [2.24, 2.45) is 16.2 Å². The fourth-order valence-corrected chi connectivity index (χ4v) is 9.03. The zero-order chi connectivity index (χ0) is 23.8. The summed E-state index contributed by atoms with van der Waals surface area (Å²) in [5.41, 5.74) is 2.28. The van der Waals surface area contributed by atoms with E-state index in [0.29, 0.717) is 5.92 Å². The summed E-state index contributed by atoms with van der Waals surface area (Å²) in [6.45, 7) is 13.4. The molecule has 176 valence electrons. The van der Waals surface area contributed by atoms with Gasteiger partial charge in [0.2, 0.25) is 0 Å². The van der Waals surface area contributed by atoms with Crippen LogP contribution in [0.4, 0.5) is 0 Å². The van der Waals surface area contributed by atoms with Crippen molar-refractivity contribution in [3.05, 3.63) is 77.2 Å². The van der Waals surface area contributed by atoms with Crippen molar-refractivity contribution in [3.8, 4) is 0 Å². The molecule has 3 nitrogen and oxygen atoms in total. The maximum absolute atomic E-state index is 13.8. The van der Waals surface area contributed by atoms with Gasteiger partial charge >= 0.3 is 0 Å². The molecular formula is C27H41NO2SSi. The van der Waals surface area contributed by atoms with E-state index in [2.05, 4.69) is 76.2 Å². The van der Waals surface area contributed by atoms with E-state index in [0.717, 1.165) is 28.6 Å². The Hall–Kier alpha value is -1.69. The molecule has 2 aromatic rings. The maximum atomic E-state index is 13.8. The second-order valence-corrected chi connectivity index (χ2v) is 15.8. The normalized spacial score (nSPS) is 16.4. The third-order valence-corrected chi connectivity index (χ3v) is 13.5. The summed E-state index contributed by atoms with van der Waals surface area (Å²) >= 11 is 0. The molecule has 5 heteroatoms. The second-order valence-electron chi connectivity index (χ2n) is 8.89. The molecule has 0 aliphatic rings. The van der Waals surface area contributed by atoms with Gasteiger partial charge in [0, 0.05) is 18.4 Å². The molecule has 0 aliphatic carbocycles. The van der Waals surface area contributed by atoms with Crippen LogP contribution in [0.15, 0.2) is 80.9 Å². The lowest BCUT2D eigenvalue weighted by molar-refractivity contribution is 0.114. The van der Waals surface area contributed by atoms with Crippen molar-refractivity contribution in [1.82, 2.24) is 0 Å². The van der Waals surface area contributed by atoms with E-state index in [-0.39, 0.29) is 12.0 Å². The number of nitrogens with zero attached hydrogens (tertiary/aromatic N) is 1. The Morgan fingerprint density at radius 1 is 0.969 bits per heavy atom. The van der Waals surface area contributed by atoms with Crippen molar-refractivity contribution in [2.45, 2.75) is 70.7 Å². The fraction of sp³-hybridized carbons (Fsp3) is 0.481. The van der Waals surface area contributed by atoms with E-state index >= 15 is 0 Å². The zero-order valence-electron chi connectivity index (χ0n) is 20.9. The van der Waals surface area contributed by atoms with Gasteiger partial charge in [-0.1, -0.05) is 88.7 Å². The van der Waals surface area contributed by atoms with Crippen LogP contribution in [0.25, 0.3) is 0 Å². The summed E-state index contributed by atoms with van der Waals surface area (Å²) in [6, 6.07) is 23.4. The van der Waals surface area contributed by atoms with Crippen LogP contribution in [0.2, 0.25) is 18.1 Å². The lowest BCUT2D eigenvalue weighted by Gasteiger charge is -2.39. The average molecular weight is 472 g/mol. The smallest absolute Gasteiger partial charge is 0.192 e. The first-order valence-corrected chi connectivity index (χ1v) is 16.0. The molecule has 0 saturated carbocycles. The van der Waals surface area contributed by atoms with Gasteiger partial charge in [-0.3, -0.25) is 0 Å². The first-order valence-electron chi connectivity index (χ1n) is 11.9. The molecule has 3 atom stereocenters. The van der Waals surface area contributed by atoms with E-state index in [9.17, 15) is 4.21 Å². The summed E-state index contributed by atoms with van der Waals surface area (Å²) in [6.07, 6.45) is -0.0600. The van der Waals surface area contributed by atoms with E-state index in [1.54, 1.807) is 7.05 Å². The Bertz CT molecular complexity index is 967. The van der Waals surface area contributed by atoms with E-state index in [4.69, 9.17) is 4.43 Å². The molecule has 2 aromatic carbocycles. The van der Waals surface area contributed by atoms with Crippen LogP contribution in [-0.2, 0) is 14.2 Å². The quantitative estimate of drug-likeness (QED) is 0.311. The third kappa shape index (κ3) is 6.21. The van der Waals surface area contributed by atoms with Gasteiger partial charge in [0.05, 0.1) is 20.7 Å². The highest BCUT2D eigenvalue weighted by atomic mass is 32.2. The molecule has 0 unspecified atom stereocenters. The van der Waals surface area contributed by atoms with Gasteiger partial charge in [-0.2, -0.15) is 0 Å². The first-order chi connectivity index (χ1) is 15.3. The Morgan fingerprint density at radius 2 is 1.47 bits per heavy atom. The topological polar surface area (TPSA) is 38.7 Å². The molecule has 0 amide bonds. The number of rotatable bonds is 11. The molecule has 32 heavy (non-hydrogen) atoms. The van der Waals surface area contributed by atoms with Gasteiger partial charge < -0.3 is 4.43 Å². The van der Waals surface area contributed by atoms with Crippen molar-refractivity contribution in [3.63, 3.8) is 0 Å². The number of hydrogen-bond acceptors (Lipinski definition) is 3. The van der Waals surface area contributed by atoms with Crippen LogP contribution in [0.3, 0.4) is 0 Å². The number of benzene rings is 2. The molecule has 0 aliphatic heterocycles. The lowest BCUT2D eigenvalue weighted by atomic mass is 9.82. The molecule has 0 fully saturated rings. The van der Waals surface area contributed by atoms with Crippen LogP contribution in [0.5, 0.6) is 0 Å². The molecule has 0 heterocycles. The van der Waals surface area contributed by atoms with Crippen LogP contribution in [-0.4, -0.2) is 19.6 Å². The van der Waals surface area contributed by atoms with Gasteiger partial charge in [-0.05, 0) is 48.7 Å². The molecule has 0 N–H and O–H groups in total. The van der Waals surface area contributed by atoms with Crippen molar-refractivity contribution in [1.29, 1.82) is 0 Å². The summed E-state index contributed by atoms with van der Waals surface area (Å²) in [4.78, 5) is 0.751. The first kappa shape index (κ1) is 26.6. The Labute approximate surface area is 197 Å². The Balaban J connectivity index is 2.62. The van der Waals surface area contributed by atoms with Crippen LogP contribution >= 0.6 is 0 Å². The highest BCUT2D eigenvalue weighted by Crippen LogP contribution is 2.41. The SMILES string of the molecule is CC[Si](CC)(CC)O[C@@H](c1ccccc1)[C@@H](/C(C)=C\[S@@](=O)(=NC)c1ccccc1)C(C)C.